The summed E-state index contributed by atoms with van der Waals surface area (Å²) in [4.78, 5) is 19.3. The molecular weight excluding hydrogens is 430 g/mol. The molecule has 172 valence electrons. The van der Waals surface area contributed by atoms with E-state index in [1.807, 2.05) is 27.7 Å². The standard InChI is InChI=1S/C26H31N5OS/c1-5-16-31-24(20-12-14-27-15-13-20)28-29-25(31)33-18-23(32)30-17-6-7-22(30)19-8-10-21(11-9-19)26(2,3)4/h5,8-15,22H,1,6-7,16-18H2,2-4H3. The quantitative estimate of drug-likeness (QED) is 0.354. The Morgan fingerprint density at radius 3 is 2.55 bits per heavy atom. The van der Waals surface area contributed by atoms with Gasteiger partial charge < -0.3 is 4.90 Å². The number of carbonyl (C=O) groups is 1. The van der Waals surface area contributed by atoms with Crippen LogP contribution in [0.1, 0.15) is 50.8 Å². The van der Waals surface area contributed by atoms with Crippen LogP contribution in [-0.2, 0) is 16.8 Å². The van der Waals surface area contributed by atoms with Crippen molar-refractivity contribution >= 4 is 17.7 Å². The van der Waals surface area contributed by atoms with Crippen LogP contribution in [0.5, 0.6) is 0 Å². The van der Waals surface area contributed by atoms with Crippen molar-refractivity contribution in [1.82, 2.24) is 24.6 Å². The van der Waals surface area contributed by atoms with Crippen molar-refractivity contribution in [3.63, 3.8) is 0 Å². The highest BCUT2D eigenvalue weighted by Crippen LogP contribution is 2.34. The molecular formula is C26H31N5OS. The molecule has 7 heteroatoms. The largest absolute Gasteiger partial charge is 0.335 e. The van der Waals surface area contributed by atoms with Crippen LogP contribution in [-0.4, -0.2) is 42.9 Å². The smallest absolute Gasteiger partial charge is 0.233 e. The first kappa shape index (κ1) is 23.2. The van der Waals surface area contributed by atoms with Crippen LogP contribution in [0.2, 0.25) is 0 Å². The van der Waals surface area contributed by atoms with Crippen LogP contribution in [0.25, 0.3) is 11.4 Å². The van der Waals surface area contributed by atoms with Gasteiger partial charge in [0.25, 0.3) is 0 Å². The Labute approximate surface area is 200 Å². The highest BCUT2D eigenvalue weighted by atomic mass is 32.2. The van der Waals surface area contributed by atoms with Crippen molar-refractivity contribution in [3.8, 4) is 11.4 Å². The van der Waals surface area contributed by atoms with Crippen molar-refractivity contribution < 1.29 is 4.79 Å². The maximum absolute atomic E-state index is 13.2. The third-order valence-corrected chi connectivity index (χ3v) is 6.98. The molecule has 1 unspecified atom stereocenters. The number of carbonyl (C=O) groups excluding carboxylic acids is 1. The summed E-state index contributed by atoms with van der Waals surface area (Å²) >= 11 is 1.44. The van der Waals surface area contributed by atoms with E-state index in [2.05, 4.69) is 66.8 Å². The van der Waals surface area contributed by atoms with Gasteiger partial charge in [-0.05, 0) is 41.5 Å². The molecule has 1 aliphatic heterocycles. The number of pyridine rings is 1. The van der Waals surface area contributed by atoms with E-state index in [0.717, 1.165) is 35.9 Å². The summed E-state index contributed by atoms with van der Waals surface area (Å²) in [5.41, 5.74) is 3.59. The second kappa shape index (κ2) is 9.91. The summed E-state index contributed by atoms with van der Waals surface area (Å²) in [6.45, 7) is 11.9. The summed E-state index contributed by atoms with van der Waals surface area (Å²) in [6, 6.07) is 12.7. The molecule has 0 spiro atoms. The summed E-state index contributed by atoms with van der Waals surface area (Å²) in [5, 5.41) is 9.44. The first-order valence-corrected chi connectivity index (χ1v) is 12.3. The molecule has 0 saturated carbocycles. The number of benzene rings is 1. The van der Waals surface area contributed by atoms with Crippen LogP contribution in [0.15, 0.2) is 66.6 Å². The molecule has 3 aromatic rings. The second-order valence-corrected chi connectivity index (χ2v) is 10.3. The predicted molar refractivity (Wildman–Crippen MR) is 133 cm³/mol. The minimum atomic E-state index is 0.122. The molecule has 1 aliphatic rings. The Morgan fingerprint density at radius 1 is 1.15 bits per heavy atom. The van der Waals surface area contributed by atoms with Crippen LogP contribution >= 0.6 is 11.8 Å². The lowest BCUT2D eigenvalue weighted by Gasteiger charge is -2.26. The predicted octanol–water partition coefficient (Wildman–Crippen LogP) is 5.28. The molecule has 1 saturated heterocycles. The fraction of sp³-hybridized carbons (Fsp3) is 0.385. The number of allylic oxidation sites excluding steroid dienone is 1. The van der Waals surface area contributed by atoms with Crippen molar-refractivity contribution in [2.75, 3.05) is 12.3 Å². The Balaban J connectivity index is 1.46. The first-order valence-electron chi connectivity index (χ1n) is 11.4. The Kier molecular flexibility index (Phi) is 6.98. The molecule has 3 heterocycles. The topological polar surface area (TPSA) is 63.9 Å². The fourth-order valence-corrected chi connectivity index (χ4v) is 5.06. The van der Waals surface area contributed by atoms with Crippen molar-refractivity contribution in [1.29, 1.82) is 0 Å². The first-order chi connectivity index (χ1) is 15.9. The number of hydrogen-bond acceptors (Lipinski definition) is 5. The normalized spacial score (nSPS) is 16.2. The van der Waals surface area contributed by atoms with Gasteiger partial charge in [0.05, 0.1) is 11.8 Å². The van der Waals surface area contributed by atoms with Crippen molar-refractivity contribution in [2.24, 2.45) is 0 Å². The Bertz CT molecular complexity index is 1100. The molecule has 0 radical (unpaired) electrons. The van der Waals surface area contributed by atoms with E-state index in [0.29, 0.717) is 12.3 Å². The van der Waals surface area contributed by atoms with Crippen molar-refractivity contribution in [2.45, 2.75) is 56.8 Å². The highest BCUT2D eigenvalue weighted by Gasteiger charge is 2.30. The third kappa shape index (κ3) is 5.19. The monoisotopic (exact) mass is 461 g/mol. The zero-order valence-corrected chi connectivity index (χ0v) is 20.4. The molecule has 0 bridgehead atoms. The second-order valence-electron chi connectivity index (χ2n) is 9.35. The van der Waals surface area contributed by atoms with Gasteiger partial charge in [-0.15, -0.1) is 16.8 Å². The average Bonchev–Trinajstić information content (AvgIpc) is 3.45. The molecule has 2 aromatic heterocycles. The Hall–Kier alpha value is -2.93. The lowest BCUT2D eigenvalue weighted by atomic mass is 9.86. The lowest BCUT2D eigenvalue weighted by molar-refractivity contribution is -0.129. The number of rotatable bonds is 7. The number of hydrogen-bond donors (Lipinski definition) is 0. The molecule has 1 fully saturated rings. The highest BCUT2D eigenvalue weighted by molar-refractivity contribution is 7.99. The maximum Gasteiger partial charge on any atom is 0.233 e. The summed E-state index contributed by atoms with van der Waals surface area (Å²) in [5.74, 6) is 1.23. The SMILES string of the molecule is C=CCn1c(SCC(=O)N2CCCC2c2ccc(C(C)(C)C)cc2)nnc1-c1ccncc1. The van der Waals surface area contributed by atoms with Crippen LogP contribution in [0.4, 0.5) is 0 Å². The third-order valence-electron chi connectivity index (χ3n) is 6.03. The molecule has 4 rings (SSSR count). The van der Waals surface area contributed by atoms with E-state index in [1.54, 1.807) is 12.4 Å². The molecule has 33 heavy (non-hydrogen) atoms. The van der Waals surface area contributed by atoms with E-state index in [9.17, 15) is 4.79 Å². The van der Waals surface area contributed by atoms with Crippen LogP contribution in [0, 0.1) is 0 Å². The summed E-state index contributed by atoms with van der Waals surface area (Å²) in [7, 11) is 0. The summed E-state index contributed by atoms with van der Waals surface area (Å²) < 4.78 is 1.99. The van der Waals surface area contributed by atoms with Gasteiger partial charge in [0.15, 0.2) is 11.0 Å². The Morgan fingerprint density at radius 2 is 1.88 bits per heavy atom. The van der Waals surface area contributed by atoms with Gasteiger partial charge in [0.1, 0.15) is 0 Å². The lowest BCUT2D eigenvalue weighted by Crippen LogP contribution is -2.32. The number of nitrogens with zero attached hydrogens (tertiary/aromatic N) is 5. The van der Waals surface area contributed by atoms with E-state index >= 15 is 0 Å². The van der Waals surface area contributed by atoms with Gasteiger partial charge in [-0.2, -0.15) is 0 Å². The minimum absolute atomic E-state index is 0.122. The van der Waals surface area contributed by atoms with Crippen molar-refractivity contribution in [3.05, 3.63) is 72.6 Å². The molecule has 0 N–H and O–H groups in total. The molecule has 1 aromatic carbocycles. The number of likely N-dealkylation sites (tertiary alicyclic amines) is 1. The van der Waals surface area contributed by atoms with Gasteiger partial charge in [-0.3, -0.25) is 14.3 Å². The number of aromatic nitrogens is 4. The van der Waals surface area contributed by atoms with Gasteiger partial charge >= 0.3 is 0 Å². The maximum atomic E-state index is 13.2. The van der Waals surface area contributed by atoms with Crippen LogP contribution < -0.4 is 0 Å². The molecule has 0 aliphatic carbocycles. The molecule has 6 nitrogen and oxygen atoms in total. The zero-order chi connectivity index (χ0) is 23.4. The van der Waals surface area contributed by atoms with Gasteiger partial charge in [0, 0.05) is 31.0 Å². The van der Waals surface area contributed by atoms with E-state index < -0.39 is 0 Å². The number of thioether (sulfide) groups is 1. The van der Waals surface area contributed by atoms with Crippen LogP contribution in [0.3, 0.4) is 0 Å². The van der Waals surface area contributed by atoms with Gasteiger partial charge in [-0.1, -0.05) is 62.9 Å². The minimum Gasteiger partial charge on any atom is -0.335 e. The zero-order valence-electron chi connectivity index (χ0n) is 19.6. The summed E-state index contributed by atoms with van der Waals surface area (Å²) in [6.07, 6.45) is 7.32. The molecule has 1 amide bonds. The average molecular weight is 462 g/mol. The van der Waals surface area contributed by atoms with E-state index in [4.69, 9.17) is 0 Å². The van der Waals surface area contributed by atoms with E-state index in [-0.39, 0.29) is 17.4 Å². The van der Waals surface area contributed by atoms with E-state index in [1.165, 1.54) is 22.9 Å². The number of amides is 1. The molecule has 1 atom stereocenters. The fourth-order valence-electron chi connectivity index (χ4n) is 4.23. The van der Waals surface area contributed by atoms with Gasteiger partial charge in [-0.25, -0.2) is 0 Å². The van der Waals surface area contributed by atoms with Gasteiger partial charge in [0.2, 0.25) is 5.91 Å².